The van der Waals surface area contributed by atoms with Gasteiger partial charge in [-0.15, -0.1) is 0 Å². The van der Waals surface area contributed by atoms with Crippen LogP contribution in [0.2, 0.25) is 0 Å². The number of ether oxygens (including phenoxy) is 1. The Bertz CT molecular complexity index is 1740. The highest BCUT2D eigenvalue weighted by molar-refractivity contribution is 5.91. The minimum Gasteiger partial charge on any atom is -0.508 e. The standard InChI is InChI=1S/C35H40O10/c1-18(2)9-21-12-23(13-22(31(21)41)10-19-5-3-7-25(39)11-19)34-33(43)32(42)30-28(45-34)15-26(40)29-20(6-4-8-36)14-27(44-35(29)30)24(16-37)17-38/h3,5,7,11-13,15,18,20,24,27,36-41,43H,4,6,8-10,14,16-17H2,1-2H3/t20-,27+/m0/s1. The lowest BCUT2D eigenvalue weighted by molar-refractivity contribution is 0.0287. The number of fused-ring (bicyclic) bond motifs is 3. The van der Waals surface area contributed by atoms with E-state index in [0.29, 0.717) is 47.9 Å². The Labute approximate surface area is 260 Å². The zero-order valence-corrected chi connectivity index (χ0v) is 25.4. The fourth-order valence-corrected chi connectivity index (χ4v) is 6.31. The molecule has 0 spiro atoms. The van der Waals surface area contributed by atoms with E-state index in [4.69, 9.17) is 9.15 Å². The van der Waals surface area contributed by atoms with Crippen LogP contribution in [0.5, 0.6) is 28.7 Å². The van der Waals surface area contributed by atoms with E-state index in [9.17, 15) is 40.5 Å². The molecule has 2 heterocycles. The molecule has 5 rings (SSSR count). The molecule has 0 fully saturated rings. The van der Waals surface area contributed by atoms with Crippen LogP contribution in [0, 0.1) is 11.8 Å². The first kappa shape index (κ1) is 32.2. The molecule has 1 aromatic heterocycles. The van der Waals surface area contributed by atoms with Gasteiger partial charge in [-0.25, -0.2) is 0 Å². The zero-order chi connectivity index (χ0) is 32.4. The van der Waals surface area contributed by atoms with Crippen LogP contribution in [0.15, 0.2) is 51.7 Å². The molecule has 10 heteroatoms. The van der Waals surface area contributed by atoms with Crippen molar-refractivity contribution in [1.29, 1.82) is 0 Å². The van der Waals surface area contributed by atoms with Crippen LogP contribution in [0.3, 0.4) is 0 Å². The number of aliphatic hydroxyl groups is 3. The molecule has 1 aliphatic rings. The van der Waals surface area contributed by atoms with Crippen LogP contribution in [0.25, 0.3) is 22.3 Å². The van der Waals surface area contributed by atoms with Gasteiger partial charge in [0.15, 0.2) is 5.76 Å². The molecule has 10 nitrogen and oxygen atoms in total. The number of hydrogen-bond acceptors (Lipinski definition) is 10. The van der Waals surface area contributed by atoms with Gasteiger partial charge in [-0.1, -0.05) is 26.0 Å². The molecule has 0 aliphatic carbocycles. The molecular formula is C35H40O10. The van der Waals surface area contributed by atoms with E-state index in [1.54, 1.807) is 30.3 Å². The molecule has 0 unspecified atom stereocenters. The number of aromatic hydroxyl groups is 4. The van der Waals surface area contributed by atoms with Crippen LogP contribution < -0.4 is 10.2 Å². The van der Waals surface area contributed by atoms with Gasteiger partial charge < -0.3 is 44.9 Å². The van der Waals surface area contributed by atoms with Gasteiger partial charge in [0.25, 0.3) is 0 Å². The summed E-state index contributed by atoms with van der Waals surface area (Å²) < 4.78 is 12.3. The van der Waals surface area contributed by atoms with Crippen LogP contribution in [0.1, 0.15) is 61.3 Å². The summed E-state index contributed by atoms with van der Waals surface area (Å²) in [6, 6.07) is 11.2. The fraction of sp³-hybridized carbons (Fsp3) is 0.400. The normalized spacial score (nSPS) is 16.3. The predicted octanol–water partition coefficient (Wildman–Crippen LogP) is 4.68. The lowest BCUT2D eigenvalue weighted by Gasteiger charge is -2.36. The maximum Gasteiger partial charge on any atom is 0.238 e. The summed E-state index contributed by atoms with van der Waals surface area (Å²) in [5, 5.41) is 72.8. The monoisotopic (exact) mass is 620 g/mol. The second-order valence-corrected chi connectivity index (χ2v) is 12.3. The minimum atomic E-state index is -0.790. The SMILES string of the molecule is CC(C)Cc1cc(-c2oc3cc(O)c4c(c3c(=O)c2O)O[C@@H](C(CO)CO)C[C@@H]4CCCO)cc(Cc2cccc(O)c2)c1O. The van der Waals surface area contributed by atoms with Crippen molar-refractivity contribution in [3.8, 4) is 40.1 Å². The summed E-state index contributed by atoms with van der Waals surface area (Å²) in [5.74, 6) is -1.69. The second kappa shape index (κ2) is 13.4. The van der Waals surface area contributed by atoms with E-state index >= 15 is 0 Å². The quantitative estimate of drug-likeness (QED) is 0.124. The second-order valence-electron chi connectivity index (χ2n) is 12.3. The van der Waals surface area contributed by atoms with Crippen molar-refractivity contribution in [3.05, 3.63) is 74.9 Å². The summed E-state index contributed by atoms with van der Waals surface area (Å²) in [5.41, 5.74) is 1.69. The molecule has 0 amide bonds. The average molecular weight is 621 g/mol. The summed E-state index contributed by atoms with van der Waals surface area (Å²) in [7, 11) is 0. The third-order valence-electron chi connectivity index (χ3n) is 8.49. The van der Waals surface area contributed by atoms with E-state index in [2.05, 4.69) is 0 Å². The van der Waals surface area contributed by atoms with Crippen LogP contribution in [-0.4, -0.2) is 61.7 Å². The van der Waals surface area contributed by atoms with Crippen molar-refractivity contribution in [2.24, 2.45) is 11.8 Å². The van der Waals surface area contributed by atoms with E-state index in [1.165, 1.54) is 6.07 Å². The van der Waals surface area contributed by atoms with Gasteiger partial charge in [0.1, 0.15) is 40.1 Å². The number of hydrogen-bond donors (Lipinski definition) is 7. The number of benzene rings is 3. The molecule has 7 N–H and O–H groups in total. The van der Waals surface area contributed by atoms with Crippen molar-refractivity contribution >= 4 is 11.0 Å². The average Bonchev–Trinajstić information content (AvgIpc) is 3.00. The lowest BCUT2D eigenvalue weighted by Crippen LogP contribution is -2.37. The number of phenolic OH excluding ortho intramolecular Hbond substituents is 3. The maximum atomic E-state index is 13.9. The summed E-state index contributed by atoms with van der Waals surface area (Å²) in [6.07, 6.45) is 1.27. The molecule has 240 valence electrons. The zero-order valence-electron chi connectivity index (χ0n) is 25.4. The summed E-state index contributed by atoms with van der Waals surface area (Å²) in [4.78, 5) is 13.9. The Morgan fingerprint density at radius 3 is 2.33 bits per heavy atom. The van der Waals surface area contributed by atoms with Crippen molar-refractivity contribution in [1.82, 2.24) is 0 Å². The largest absolute Gasteiger partial charge is 0.508 e. The van der Waals surface area contributed by atoms with Crippen molar-refractivity contribution in [2.75, 3.05) is 19.8 Å². The molecule has 2 atom stereocenters. The summed E-state index contributed by atoms with van der Waals surface area (Å²) in [6.45, 7) is 3.18. The molecular weight excluding hydrogens is 580 g/mol. The molecule has 0 bridgehead atoms. The van der Waals surface area contributed by atoms with Gasteiger partial charge in [-0.05, 0) is 78.5 Å². The highest BCUT2D eigenvalue weighted by Gasteiger charge is 2.37. The Kier molecular flexibility index (Phi) is 9.57. The Morgan fingerprint density at radius 1 is 0.933 bits per heavy atom. The van der Waals surface area contributed by atoms with E-state index in [1.807, 2.05) is 19.9 Å². The Balaban J connectivity index is 1.69. The van der Waals surface area contributed by atoms with Gasteiger partial charge in [0.2, 0.25) is 11.2 Å². The van der Waals surface area contributed by atoms with E-state index in [0.717, 1.165) is 5.56 Å². The van der Waals surface area contributed by atoms with Crippen LogP contribution >= 0.6 is 0 Å². The number of rotatable bonds is 11. The van der Waals surface area contributed by atoms with Gasteiger partial charge >= 0.3 is 0 Å². The molecule has 0 saturated carbocycles. The van der Waals surface area contributed by atoms with Gasteiger partial charge in [-0.2, -0.15) is 0 Å². The first-order valence-electron chi connectivity index (χ1n) is 15.2. The van der Waals surface area contributed by atoms with Gasteiger partial charge in [-0.3, -0.25) is 4.79 Å². The van der Waals surface area contributed by atoms with Crippen LogP contribution in [0.4, 0.5) is 0 Å². The van der Waals surface area contributed by atoms with Gasteiger partial charge in [0.05, 0.1) is 13.2 Å². The third-order valence-corrected chi connectivity index (χ3v) is 8.49. The summed E-state index contributed by atoms with van der Waals surface area (Å²) >= 11 is 0. The van der Waals surface area contributed by atoms with Gasteiger partial charge in [0, 0.05) is 36.1 Å². The predicted molar refractivity (Wildman–Crippen MR) is 168 cm³/mol. The highest BCUT2D eigenvalue weighted by atomic mass is 16.5. The molecule has 4 aromatic rings. The first-order chi connectivity index (χ1) is 21.6. The molecule has 1 aliphatic heterocycles. The smallest absolute Gasteiger partial charge is 0.238 e. The maximum absolute atomic E-state index is 13.9. The third kappa shape index (κ3) is 6.45. The van der Waals surface area contributed by atoms with E-state index < -0.39 is 23.2 Å². The molecule has 45 heavy (non-hydrogen) atoms. The highest BCUT2D eigenvalue weighted by Crippen LogP contribution is 2.49. The van der Waals surface area contributed by atoms with Crippen molar-refractivity contribution < 1.29 is 44.9 Å². The Hall–Kier alpha value is -4.25. The minimum absolute atomic E-state index is 0.0162. The first-order valence-corrected chi connectivity index (χ1v) is 15.2. The molecule has 0 saturated heterocycles. The number of aliphatic hydroxyl groups excluding tert-OH is 3. The Morgan fingerprint density at radius 2 is 1.67 bits per heavy atom. The lowest BCUT2D eigenvalue weighted by atomic mass is 9.81. The van der Waals surface area contributed by atoms with Crippen molar-refractivity contribution in [3.63, 3.8) is 0 Å². The van der Waals surface area contributed by atoms with Crippen molar-refractivity contribution in [2.45, 2.75) is 58.0 Å². The fourth-order valence-electron chi connectivity index (χ4n) is 6.31. The number of phenols is 3. The van der Waals surface area contributed by atoms with E-state index in [-0.39, 0.29) is 77.8 Å². The molecule has 3 aromatic carbocycles. The topological polar surface area (TPSA) is 181 Å². The molecule has 0 radical (unpaired) electrons. The van der Waals surface area contributed by atoms with Crippen LogP contribution in [-0.2, 0) is 12.8 Å².